The predicted octanol–water partition coefficient (Wildman–Crippen LogP) is 9.09. The van der Waals surface area contributed by atoms with Gasteiger partial charge in [0.25, 0.3) is 0 Å². The molecule has 0 aliphatic carbocycles. The van der Waals surface area contributed by atoms with Crippen molar-refractivity contribution in [2.75, 3.05) is 0 Å². The number of thiophene rings is 1. The average molecular weight is 438 g/mol. The molecule has 0 radical (unpaired) electrons. The third-order valence-electron chi connectivity index (χ3n) is 6.48. The van der Waals surface area contributed by atoms with Crippen LogP contribution in [0.5, 0.6) is 0 Å². The Labute approximate surface area is 195 Å². The average Bonchev–Trinajstić information content (AvgIpc) is 3.27. The van der Waals surface area contributed by atoms with Crippen molar-refractivity contribution in [2.45, 2.75) is 0 Å². The number of hydrogen-bond donors (Lipinski definition) is 0. The Balaban J connectivity index is 1.36. The SMILES string of the molecule is c1ccc2c(c1)ccc1ccc(-c3ccc(-c4cccc5sc6ccccc6c45)cc3)nc12. The van der Waals surface area contributed by atoms with Crippen LogP contribution in [-0.4, -0.2) is 4.98 Å². The van der Waals surface area contributed by atoms with Gasteiger partial charge in [0.2, 0.25) is 0 Å². The molecule has 0 atom stereocenters. The second-order valence-corrected chi connectivity index (χ2v) is 9.49. The number of fused-ring (bicyclic) bond motifs is 6. The van der Waals surface area contributed by atoms with E-state index in [0.717, 1.165) is 16.8 Å². The van der Waals surface area contributed by atoms with Crippen LogP contribution in [0.15, 0.2) is 115 Å². The second kappa shape index (κ2) is 7.26. The summed E-state index contributed by atoms with van der Waals surface area (Å²) in [4.78, 5) is 5.06. The zero-order chi connectivity index (χ0) is 21.8. The molecule has 0 saturated carbocycles. The van der Waals surface area contributed by atoms with Crippen molar-refractivity contribution >= 4 is 53.2 Å². The third-order valence-corrected chi connectivity index (χ3v) is 7.62. The quantitative estimate of drug-likeness (QED) is 0.246. The summed E-state index contributed by atoms with van der Waals surface area (Å²) < 4.78 is 2.67. The molecular weight excluding hydrogens is 418 g/mol. The van der Waals surface area contributed by atoms with E-state index in [1.54, 1.807) is 0 Å². The van der Waals surface area contributed by atoms with Crippen LogP contribution >= 0.6 is 11.3 Å². The smallest absolute Gasteiger partial charge is 0.0787 e. The Morgan fingerprint density at radius 3 is 2.09 bits per heavy atom. The summed E-state index contributed by atoms with van der Waals surface area (Å²) in [5, 5.41) is 6.28. The Kier molecular flexibility index (Phi) is 4.08. The first-order chi connectivity index (χ1) is 16.3. The largest absolute Gasteiger partial charge is 0.247 e. The highest BCUT2D eigenvalue weighted by atomic mass is 32.1. The summed E-state index contributed by atoms with van der Waals surface area (Å²) in [6.45, 7) is 0. The van der Waals surface area contributed by atoms with Gasteiger partial charge in [-0.05, 0) is 34.7 Å². The van der Waals surface area contributed by atoms with Crippen molar-refractivity contribution in [1.29, 1.82) is 0 Å². The monoisotopic (exact) mass is 437 g/mol. The molecule has 2 heteroatoms. The molecule has 2 heterocycles. The minimum Gasteiger partial charge on any atom is -0.247 e. The summed E-state index contributed by atoms with van der Waals surface area (Å²) in [6, 6.07) is 41.2. The summed E-state index contributed by atoms with van der Waals surface area (Å²) in [7, 11) is 0. The minimum atomic E-state index is 1.00. The molecule has 0 amide bonds. The molecule has 0 bridgehead atoms. The Hall–Kier alpha value is -4.01. The van der Waals surface area contributed by atoms with Crippen LogP contribution < -0.4 is 0 Å². The fourth-order valence-electron chi connectivity index (χ4n) is 4.85. The number of benzene rings is 5. The third kappa shape index (κ3) is 2.95. The fourth-order valence-corrected chi connectivity index (χ4v) is 5.99. The van der Waals surface area contributed by atoms with Crippen molar-refractivity contribution in [1.82, 2.24) is 4.98 Å². The van der Waals surface area contributed by atoms with E-state index in [9.17, 15) is 0 Å². The van der Waals surface area contributed by atoms with Gasteiger partial charge in [-0.1, -0.05) is 97.1 Å². The van der Waals surface area contributed by atoms with Crippen LogP contribution in [0.25, 0.3) is 64.2 Å². The van der Waals surface area contributed by atoms with Gasteiger partial charge in [-0.15, -0.1) is 11.3 Å². The number of pyridine rings is 1. The first-order valence-corrected chi connectivity index (χ1v) is 12.0. The molecule has 7 aromatic rings. The van der Waals surface area contributed by atoms with E-state index in [4.69, 9.17) is 4.98 Å². The fraction of sp³-hybridized carbons (Fsp3) is 0. The van der Waals surface area contributed by atoms with E-state index in [1.165, 1.54) is 47.5 Å². The maximum atomic E-state index is 5.06. The van der Waals surface area contributed by atoms with Crippen molar-refractivity contribution in [3.8, 4) is 22.4 Å². The molecule has 0 unspecified atom stereocenters. The lowest BCUT2D eigenvalue weighted by Gasteiger charge is -2.09. The molecule has 0 spiro atoms. The normalized spacial score (nSPS) is 11.6. The molecule has 0 saturated heterocycles. The zero-order valence-corrected chi connectivity index (χ0v) is 18.6. The van der Waals surface area contributed by atoms with Gasteiger partial charge in [-0.3, -0.25) is 0 Å². The summed E-state index contributed by atoms with van der Waals surface area (Å²) >= 11 is 1.86. The highest BCUT2D eigenvalue weighted by Crippen LogP contribution is 2.40. The highest BCUT2D eigenvalue weighted by molar-refractivity contribution is 7.25. The number of nitrogens with zero attached hydrogens (tertiary/aromatic N) is 1. The maximum Gasteiger partial charge on any atom is 0.0787 e. The standard InChI is InChI=1S/C31H19NS/c1-2-7-25-20(6-1)14-17-23-18-19-27(32-31(23)25)22-15-12-21(13-16-22)24-9-5-11-29-30(24)26-8-3-4-10-28(26)33-29/h1-19H. The number of aromatic nitrogens is 1. The molecule has 0 N–H and O–H groups in total. The van der Waals surface area contributed by atoms with Gasteiger partial charge in [0.15, 0.2) is 0 Å². The molecule has 154 valence electrons. The molecule has 7 rings (SSSR count). The van der Waals surface area contributed by atoms with E-state index in [1.807, 2.05) is 11.3 Å². The van der Waals surface area contributed by atoms with E-state index >= 15 is 0 Å². The minimum absolute atomic E-state index is 1.00. The molecule has 0 aliphatic heterocycles. The van der Waals surface area contributed by atoms with Gasteiger partial charge in [0.1, 0.15) is 0 Å². The lowest BCUT2D eigenvalue weighted by Crippen LogP contribution is -1.87. The zero-order valence-electron chi connectivity index (χ0n) is 17.8. The van der Waals surface area contributed by atoms with Gasteiger partial charge < -0.3 is 0 Å². The Morgan fingerprint density at radius 1 is 0.485 bits per heavy atom. The lowest BCUT2D eigenvalue weighted by molar-refractivity contribution is 1.41. The van der Waals surface area contributed by atoms with Crippen molar-refractivity contribution in [2.24, 2.45) is 0 Å². The molecule has 1 nitrogen and oxygen atoms in total. The molecule has 5 aromatic carbocycles. The molecule has 0 fully saturated rings. The van der Waals surface area contributed by atoms with Gasteiger partial charge in [0.05, 0.1) is 11.2 Å². The van der Waals surface area contributed by atoms with E-state index in [-0.39, 0.29) is 0 Å². The van der Waals surface area contributed by atoms with E-state index < -0.39 is 0 Å². The van der Waals surface area contributed by atoms with Crippen molar-refractivity contribution < 1.29 is 0 Å². The van der Waals surface area contributed by atoms with Crippen LogP contribution in [0, 0.1) is 0 Å². The van der Waals surface area contributed by atoms with Crippen LogP contribution in [0.4, 0.5) is 0 Å². The predicted molar refractivity (Wildman–Crippen MR) is 143 cm³/mol. The topological polar surface area (TPSA) is 12.9 Å². The summed E-state index contributed by atoms with van der Waals surface area (Å²) in [6.07, 6.45) is 0. The number of rotatable bonds is 2. The van der Waals surface area contributed by atoms with Crippen molar-refractivity contribution in [3.05, 3.63) is 115 Å². The lowest BCUT2D eigenvalue weighted by atomic mass is 9.98. The first kappa shape index (κ1) is 18.6. The van der Waals surface area contributed by atoms with Crippen LogP contribution in [-0.2, 0) is 0 Å². The summed E-state index contributed by atoms with van der Waals surface area (Å²) in [5.41, 5.74) is 5.72. The molecule has 33 heavy (non-hydrogen) atoms. The molecule has 0 aliphatic rings. The first-order valence-electron chi connectivity index (χ1n) is 11.1. The molecule has 2 aromatic heterocycles. The van der Waals surface area contributed by atoms with Crippen LogP contribution in [0.2, 0.25) is 0 Å². The van der Waals surface area contributed by atoms with Crippen LogP contribution in [0.3, 0.4) is 0 Å². The highest BCUT2D eigenvalue weighted by Gasteiger charge is 2.11. The van der Waals surface area contributed by atoms with Gasteiger partial charge >= 0.3 is 0 Å². The number of hydrogen-bond acceptors (Lipinski definition) is 2. The Bertz CT molecular complexity index is 1810. The van der Waals surface area contributed by atoms with Crippen LogP contribution in [0.1, 0.15) is 0 Å². The van der Waals surface area contributed by atoms with Gasteiger partial charge in [-0.25, -0.2) is 4.98 Å². The second-order valence-electron chi connectivity index (χ2n) is 8.41. The maximum absolute atomic E-state index is 5.06. The van der Waals surface area contributed by atoms with E-state index in [2.05, 4.69) is 115 Å². The van der Waals surface area contributed by atoms with Crippen molar-refractivity contribution in [3.63, 3.8) is 0 Å². The van der Waals surface area contributed by atoms with Gasteiger partial charge in [-0.2, -0.15) is 0 Å². The van der Waals surface area contributed by atoms with E-state index in [0.29, 0.717) is 0 Å². The van der Waals surface area contributed by atoms with Gasteiger partial charge in [0, 0.05) is 36.5 Å². The Morgan fingerprint density at radius 2 is 1.18 bits per heavy atom. The molecular formula is C31H19NS. The summed E-state index contributed by atoms with van der Waals surface area (Å²) in [5.74, 6) is 0.